The Morgan fingerprint density at radius 3 is 2.38 bits per heavy atom. The van der Waals surface area contributed by atoms with Gasteiger partial charge in [0.25, 0.3) is 0 Å². The molecule has 7 heteroatoms. The van der Waals surface area contributed by atoms with E-state index in [-0.39, 0.29) is 17.3 Å². The minimum absolute atomic E-state index is 0.00279. The monoisotopic (exact) mass is 445 g/mol. The summed E-state index contributed by atoms with van der Waals surface area (Å²) in [5.74, 6) is 2.38. The van der Waals surface area contributed by atoms with Crippen LogP contribution in [0.5, 0.6) is 11.5 Å². The maximum Gasteiger partial charge on any atom is 0.308 e. The summed E-state index contributed by atoms with van der Waals surface area (Å²) < 4.78 is 16.0. The topological polar surface area (TPSA) is 72.4 Å². The molecule has 1 aromatic carbocycles. The van der Waals surface area contributed by atoms with Crippen LogP contribution in [0.15, 0.2) is 23.2 Å². The van der Waals surface area contributed by atoms with Gasteiger partial charge >= 0.3 is 5.97 Å². The number of esters is 1. The number of hydrogen-bond donors (Lipinski definition) is 1. The highest BCUT2D eigenvalue weighted by molar-refractivity contribution is 5.80. The van der Waals surface area contributed by atoms with Crippen molar-refractivity contribution in [2.24, 2.45) is 10.9 Å². The fraction of sp³-hybridized carbons (Fsp3) is 0.680. The summed E-state index contributed by atoms with van der Waals surface area (Å²) in [6.07, 6.45) is 7.55. The maximum absolute atomic E-state index is 11.9. The van der Waals surface area contributed by atoms with Gasteiger partial charge in [0.1, 0.15) is 0 Å². The Morgan fingerprint density at radius 1 is 1.09 bits per heavy atom. The largest absolute Gasteiger partial charge is 0.493 e. The summed E-state index contributed by atoms with van der Waals surface area (Å²) in [7, 11) is 4.83. The zero-order valence-corrected chi connectivity index (χ0v) is 20.1. The Bertz CT molecular complexity index is 781. The van der Waals surface area contributed by atoms with Crippen LogP contribution in [0.3, 0.4) is 0 Å². The van der Waals surface area contributed by atoms with Crippen molar-refractivity contribution < 1.29 is 19.0 Å². The van der Waals surface area contributed by atoms with Gasteiger partial charge in [-0.15, -0.1) is 0 Å². The molecule has 32 heavy (non-hydrogen) atoms. The lowest BCUT2D eigenvalue weighted by molar-refractivity contribution is -0.146. The molecule has 0 unspecified atom stereocenters. The number of nitrogens with zero attached hydrogens (tertiary/aromatic N) is 2. The summed E-state index contributed by atoms with van der Waals surface area (Å²) in [5, 5.41) is 3.47. The second kappa shape index (κ2) is 11.4. The molecule has 1 heterocycles. The van der Waals surface area contributed by atoms with Gasteiger partial charge in [-0.25, -0.2) is 0 Å². The summed E-state index contributed by atoms with van der Waals surface area (Å²) >= 11 is 0. The average Bonchev–Trinajstić information content (AvgIpc) is 2.86. The fourth-order valence-corrected chi connectivity index (χ4v) is 5.08. The van der Waals surface area contributed by atoms with E-state index in [2.05, 4.69) is 29.3 Å². The van der Waals surface area contributed by atoms with Gasteiger partial charge in [-0.1, -0.05) is 25.3 Å². The van der Waals surface area contributed by atoms with Crippen molar-refractivity contribution in [2.45, 2.75) is 57.3 Å². The Hall–Kier alpha value is -2.44. The van der Waals surface area contributed by atoms with Crippen LogP contribution in [0.25, 0.3) is 0 Å². The first-order valence-corrected chi connectivity index (χ1v) is 11.9. The Balaban J connectivity index is 1.81. The van der Waals surface area contributed by atoms with Gasteiger partial charge in [0.05, 0.1) is 33.8 Å². The van der Waals surface area contributed by atoms with Crippen LogP contribution in [-0.2, 0) is 14.9 Å². The van der Waals surface area contributed by atoms with E-state index >= 15 is 0 Å². The number of carbonyl (C=O) groups is 1. The van der Waals surface area contributed by atoms with Crippen molar-refractivity contribution >= 4 is 11.9 Å². The lowest BCUT2D eigenvalue weighted by atomic mass is 9.69. The molecule has 3 rings (SSSR count). The van der Waals surface area contributed by atoms with Crippen LogP contribution >= 0.6 is 0 Å². The van der Waals surface area contributed by atoms with Crippen molar-refractivity contribution in [2.75, 3.05) is 47.5 Å². The summed E-state index contributed by atoms with van der Waals surface area (Å²) in [5.41, 5.74) is 1.28. The molecule has 0 amide bonds. The van der Waals surface area contributed by atoms with Crippen LogP contribution in [0.2, 0.25) is 0 Å². The Morgan fingerprint density at radius 2 is 1.78 bits per heavy atom. The van der Waals surface area contributed by atoms with E-state index in [9.17, 15) is 4.79 Å². The molecule has 0 aromatic heterocycles. The number of rotatable bonds is 7. The van der Waals surface area contributed by atoms with Gasteiger partial charge in [-0.05, 0) is 50.3 Å². The number of benzene rings is 1. The van der Waals surface area contributed by atoms with Gasteiger partial charge in [0, 0.05) is 25.0 Å². The molecule has 7 nitrogen and oxygen atoms in total. The summed E-state index contributed by atoms with van der Waals surface area (Å²) in [4.78, 5) is 19.3. The minimum atomic E-state index is -0.0961. The fourth-order valence-electron chi connectivity index (χ4n) is 5.08. The van der Waals surface area contributed by atoms with Crippen molar-refractivity contribution in [1.29, 1.82) is 0 Å². The average molecular weight is 446 g/mol. The third kappa shape index (κ3) is 5.48. The van der Waals surface area contributed by atoms with Crippen LogP contribution in [0, 0.1) is 5.92 Å². The summed E-state index contributed by atoms with van der Waals surface area (Å²) in [6, 6.07) is 6.32. The number of hydrogen-bond acceptors (Lipinski definition) is 5. The van der Waals surface area contributed by atoms with E-state index in [1.807, 2.05) is 6.07 Å². The third-order valence-electron chi connectivity index (χ3n) is 7.00. The smallest absolute Gasteiger partial charge is 0.308 e. The van der Waals surface area contributed by atoms with E-state index in [1.54, 1.807) is 14.2 Å². The van der Waals surface area contributed by atoms with Gasteiger partial charge in [-0.2, -0.15) is 0 Å². The molecule has 0 spiro atoms. The molecule has 2 aliphatic rings. The van der Waals surface area contributed by atoms with E-state index in [0.29, 0.717) is 0 Å². The SMILES string of the molecule is CCNC(=NCC1(c2ccc(OC)c(OC)c2)CCCCC1)N1CCC(C(=O)OC)CC1. The standard InChI is InChI=1S/C25H39N3O4/c1-5-26-24(28-15-11-19(12-16-28)23(29)32-4)27-18-25(13-7-6-8-14-25)20-9-10-21(30-2)22(17-20)31-3/h9-10,17,19H,5-8,11-16,18H2,1-4H3,(H,26,27). The predicted octanol–water partition coefficient (Wildman–Crippen LogP) is 3.76. The van der Waals surface area contributed by atoms with Gasteiger partial charge in [0.2, 0.25) is 0 Å². The highest BCUT2D eigenvalue weighted by atomic mass is 16.5. The first kappa shape index (κ1) is 24.2. The molecule has 1 aliphatic carbocycles. The lowest BCUT2D eigenvalue weighted by Crippen LogP contribution is -2.47. The van der Waals surface area contributed by atoms with Crippen molar-refractivity contribution in [1.82, 2.24) is 10.2 Å². The van der Waals surface area contributed by atoms with Gasteiger partial charge in [0.15, 0.2) is 17.5 Å². The molecule has 0 bridgehead atoms. The van der Waals surface area contributed by atoms with E-state index in [4.69, 9.17) is 19.2 Å². The second-order valence-corrected chi connectivity index (χ2v) is 8.87. The van der Waals surface area contributed by atoms with Crippen molar-refractivity contribution in [3.63, 3.8) is 0 Å². The van der Waals surface area contributed by atoms with Gasteiger partial charge in [-0.3, -0.25) is 9.79 Å². The number of likely N-dealkylation sites (tertiary alicyclic amines) is 1. The molecule has 178 valence electrons. The Labute approximate surface area is 192 Å². The van der Waals surface area contributed by atoms with Crippen LogP contribution in [-0.4, -0.2) is 64.3 Å². The van der Waals surface area contributed by atoms with Gasteiger partial charge < -0.3 is 24.4 Å². The number of ether oxygens (including phenoxy) is 3. The number of methoxy groups -OCH3 is 3. The molecule has 1 saturated heterocycles. The first-order valence-electron chi connectivity index (χ1n) is 11.9. The molecule has 0 radical (unpaired) electrons. The quantitative estimate of drug-likeness (QED) is 0.391. The maximum atomic E-state index is 11.9. The predicted molar refractivity (Wildman–Crippen MR) is 127 cm³/mol. The Kier molecular flexibility index (Phi) is 8.65. The van der Waals surface area contributed by atoms with Crippen LogP contribution in [0.4, 0.5) is 0 Å². The van der Waals surface area contributed by atoms with E-state index < -0.39 is 0 Å². The van der Waals surface area contributed by atoms with Crippen molar-refractivity contribution in [3.05, 3.63) is 23.8 Å². The second-order valence-electron chi connectivity index (χ2n) is 8.87. The molecular formula is C25H39N3O4. The highest BCUT2D eigenvalue weighted by Gasteiger charge is 2.35. The number of carbonyl (C=O) groups excluding carboxylic acids is 1. The number of guanidine groups is 1. The normalized spacial score (nSPS) is 19.4. The zero-order valence-electron chi connectivity index (χ0n) is 20.1. The molecule has 1 aliphatic heterocycles. The molecule has 1 saturated carbocycles. The number of piperidine rings is 1. The van der Waals surface area contributed by atoms with E-state index in [1.165, 1.54) is 31.9 Å². The minimum Gasteiger partial charge on any atom is -0.493 e. The van der Waals surface area contributed by atoms with Crippen molar-refractivity contribution in [3.8, 4) is 11.5 Å². The summed E-state index contributed by atoms with van der Waals surface area (Å²) in [6.45, 7) is 5.28. The van der Waals surface area contributed by atoms with Crippen LogP contribution < -0.4 is 14.8 Å². The van der Waals surface area contributed by atoms with E-state index in [0.717, 1.165) is 69.3 Å². The molecular weight excluding hydrogens is 406 g/mol. The highest BCUT2D eigenvalue weighted by Crippen LogP contribution is 2.42. The molecule has 1 N–H and O–H groups in total. The zero-order chi connectivity index (χ0) is 23.0. The molecule has 0 atom stereocenters. The number of aliphatic imine (C=N–C) groups is 1. The molecule has 1 aromatic rings. The van der Waals surface area contributed by atoms with Crippen LogP contribution in [0.1, 0.15) is 57.4 Å². The number of nitrogens with one attached hydrogen (secondary N) is 1. The third-order valence-corrected chi connectivity index (χ3v) is 7.00. The lowest BCUT2D eigenvalue weighted by Gasteiger charge is -2.38. The molecule has 2 fully saturated rings. The first-order chi connectivity index (χ1) is 15.6.